The van der Waals surface area contributed by atoms with Crippen molar-refractivity contribution in [1.29, 1.82) is 0 Å². The summed E-state index contributed by atoms with van der Waals surface area (Å²) in [4.78, 5) is 4.35. The van der Waals surface area contributed by atoms with Crippen LogP contribution in [0.4, 0.5) is 0 Å². The van der Waals surface area contributed by atoms with E-state index in [1.54, 1.807) is 0 Å². The quantitative estimate of drug-likeness (QED) is 0.889. The summed E-state index contributed by atoms with van der Waals surface area (Å²) in [6.07, 6.45) is 1.74. The van der Waals surface area contributed by atoms with Crippen molar-refractivity contribution in [2.45, 2.75) is 26.3 Å². The number of nitrogens with two attached hydrogens (primary N) is 1. The largest absolute Gasteiger partial charge is 0.493 e. The number of ether oxygens (including phenoxy) is 2. The van der Waals surface area contributed by atoms with Gasteiger partial charge in [0.25, 0.3) is 0 Å². The van der Waals surface area contributed by atoms with Crippen LogP contribution in [0.1, 0.15) is 22.6 Å². The van der Waals surface area contributed by atoms with Crippen LogP contribution >= 0.6 is 0 Å². The van der Waals surface area contributed by atoms with Crippen LogP contribution in [0.15, 0.2) is 4.52 Å². The predicted octanol–water partition coefficient (Wildman–Crippen LogP) is 1.37. The summed E-state index contributed by atoms with van der Waals surface area (Å²) >= 11 is 0. The fraction of sp³-hybridized carbons (Fsp3) is 0.429. The van der Waals surface area contributed by atoms with Crippen molar-refractivity contribution in [3.05, 3.63) is 22.6 Å². The number of aromatic nitrogens is 2. The van der Waals surface area contributed by atoms with Crippen LogP contribution in [0.5, 0.6) is 11.5 Å². The highest BCUT2D eigenvalue weighted by Crippen LogP contribution is 2.47. The number of hydrogen-bond acceptors (Lipinski definition) is 6. The molecule has 0 radical (unpaired) electrons. The molecule has 0 atom stereocenters. The molecule has 1 aromatic carbocycles. The normalized spacial score (nSPS) is 15.7. The first-order valence-electron chi connectivity index (χ1n) is 6.76. The van der Waals surface area contributed by atoms with Gasteiger partial charge in [-0.1, -0.05) is 5.16 Å². The Labute approximate surface area is 115 Å². The molecule has 0 saturated carbocycles. The van der Waals surface area contributed by atoms with Crippen LogP contribution in [0, 0.1) is 6.92 Å². The Hall–Kier alpha value is -2.08. The standard InChI is InChI=1S/C14H15N3O3/c1-7-8-2-4-19-13(8)11(9-3-5-18-12(7)9)14-16-10(6-15)20-17-14/h2-6,15H2,1H3. The van der Waals surface area contributed by atoms with Crippen LogP contribution in [0.3, 0.4) is 0 Å². The minimum Gasteiger partial charge on any atom is -0.493 e. The summed E-state index contributed by atoms with van der Waals surface area (Å²) in [5, 5.41) is 4.04. The number of nitrogens with zero attached hydrogens (tertiary/aromatic N) is 2. The van der Waals surface area contributed by atoms with Crippen molar-refractivity contribution in [3.63, 3.8) is 0 Å². The Morgan fingerprint density at radius 2 is 1.85 bits per heavy atom. The maximum absolute atomic E-state index is 5.82. The van der Waals surface area contributed by atoms with E-state index in [0.29, 0.717) is 24.9 Å². The molecule has 0 fully saturated rings. The van der Waals surface area contributed by atoms with Crippen molar-refractivity contribution in [2.75, 3.05) is 13.2 Å². The summed E-state index contributed by atoms with van der Waals surface area (Å²) in [7, 11) is 0. The first kappa shape index (κ1) is 11.7. The second-order valence-corrected chi connectivity index (χ2v) is 5.03. The van der Waals surface area contributed by atoms with Crippen LogP contribution < -0.4 is 15.2 Å². The van der Waals surface area contributed by atoms with Crippen molar-refractivity contribution >= 4 is 0 Å². The van der Waals surface area contributed by atoms with E-state index in [9.17, 15) is 0 Å². The van der Waals surface area contributed by atoms with E-state index in [-0.39, 0.29) is 6.54 Å². The van der Waals surface area contributed by atoms with E-state index < -0.39 is 0 Å². The molecule has 4 rings (SSSR count). The lowest BCUT2D eigenvalue weighted by Crippen LogP contribution is -1.98. The average Bonchev–Trinajstić information content (AvgIpc) is 3.19. The fourth-order valence-corrected chi connectivity index (χ4v) is 3.02. The number of hydrogen-bond donors (Lipinski definition) is 1. The monoisotopic (exact) mass is 273 g/mol. The van der Waals surface area contributed by atoms with Gasteiger partial charge >= 0.3 is 0 Å². The molecule has 2 aliphatic rings. The van der Waals surface area contributed by atoms with Gasteiger partial charge in [0.05, 0.1) is 25.3 Å². The van der Waals surface area contributed by atoms with Gasteiger partial charge in [-0.3, -0.25) is 0 Å². The zero-order chi connectivity index (χ0) is 13.7. The third-order valence-corrected chi connectivity index (χ3v) is 3.93. The molecule has 0 spiro atoms. The molecular weight excluding hydrogens is 258 g/mol. The van der Waals surface area contributed by atoms with E-state index in [1.165, 1.54) is 11.1 Å². The molecule has 2 N–H and O–H groups in total. The molecule has 0 amide bonds. The van der Waals surface area contributed by atoms with Crippen LogP contribution in [0.25, 0.3) is 11.4 Å². The Morgan fingerprint density at radius 3 is 2.60 bits per heavy atom. The van der Waals surface area contributed by atoms with Crippen molar-refractivity contribution in [1.82, 2.24) is 10.1 Å². The van der Waals surface area contributed by atoms with Gasteiger partial charge in [-0.25, -0.2) is 0 Å². The molecule has 0 bridgehead atoms. The molecule has 2 aromatic rings. The molecular formula is C14H15N3O3. The van der Waals surface area contributed by atoms with E-state index >= 15 is 0 Å². The maximum Gasteiger partial charge on any atom is 0.240 e. The Morgan fingerprint density at radius 1 is 1.10 bits per heavy atom. The molecule has 6 nitrogen and oxygen atoms in total. The van der Waals surface area contributed by atoms with Gasteiger partial charge in [-0.2, -0.15) is 4.98 Å². The lowest BCUT2D eigenvalue weighted by Gasteiger charge is -2.13. The zero-order valence-corrected chi connectivity index (χ0v) is 11.2. The van der Waals surface area contributed by atoms with Crippen LogP contribution in [0.2, 0.25) is 0 Å². The van der Waals surface area contributed by atoms with Gasteiger partial charge in [0, 0.05) is 24.0 Å². The Kier molecular flexibility index (Phi) is 2.47. The summed E-state index contributed by atoms with van der Waals surface area (Å²) < 4.78 is 16.7. The molecule has 1 aromatic heterocycles. The topological polar surface area (TPSA) is 83.4 Å². The van der Waals surface area contributed by atoms with Crippen molar-refractivity contribution < 1.29 is 14.0 Å². The molecule has 3 heterocycles. The highest BCUT2D eigenvalue weighted by molar-refractivity contribution is 5.77. The summed E-state index contributed by atoms with van der Waals surface area (Å²) in [6.45, 7) is 3.70. The highest BCUT2D eigenvalue weighted by atomic mass is 16.5. The Balaban J connectivity index is 1.99. The minimum absolute atomic E-state index is 0.237. The molecule has 0 saturated heterocycles. The van der Waals surface area contributed by atoms with Crippen molar-refractivity contribution in [3.8, 4) is 22.9 Å². The minimum atomic E-state index is 0.237. The molecule has 0 aliphatic carbocycles. The Bertz CT molecular complexity index is 658. The van der Waals surface area contributed by atoms with E-state index in [2.05, 4.69) is 17.1 Å². The number of rotatable bonds is 2. The summed E-state index contributed by atoms with van der Waals surface area (Å²) in [5.74, 6) is 2.82. The van der Waals surface area contributed by atoms with Crippen LogP contribution in [-0.4, -0.2) is 23.4 Å². The SMILES string of the molecule is Cc1c2c(c(-c3noc(CN)n3)c3c1OCC3)OCC2. The zero-order valence-electron chi connectivity index (χ0n) is 11.2. The van der Waals surface area contributed by atoms with E-state index in [4.69, 9.17) is 19.7 Å². The molecule has 6 heteroatoms. The predicted molar refractivity (Wildman–Crippen MR) is 70.8 cm³/mol. The molecule has 2 aliphatic heterocycles. The third-order valence-electron chi connectivity index (χ3n) is 3.93. The van der Waals surface area contributed by atoms with Gasteiger partial charge in [0.15, 0.2) is 0 Å². The van der Waals surface area contributed by atoms with Gasteiger partial charge in [0.1, 0.15) is 11.5 Å². The van der Waals surface area contributed by atoms with E-state index in [0.717, 1.165) is 35.5 Å². The average molecular weight is 273 g/mol. The summed E-state index contributed by atoms with van der Waals surface area (Å²) in [6, 6.07) is 0. The second-order valence-electron chi connectivity index (χ2n) is 5.03. The first-order valence-corrected chi connectivity index (χ1v) is 6.76. The van der Waals surface area contributed by atoms with E-state index in [1.807, 2.05) is 0 Å². The van der Waals surface area contributed by atoms with Gasteiger partial charge < -0.3 is 19.7 Å². The molecule has 0 unspecified atom stereocenters. The van der Waals surface area contributed by atoms with Gasteiger partial charge in [0.2, 0.25) is 11.7 Å². The summed E-state index contributed by atoms with van der Waals surface area (Å²) in [5.41, 5.74) is 9.94. The maximum atomic E-state index is 5.82. The van der Waals surface area contributed by atoms with Crippen molar-refractivity contribution in [2.24, 2.45) is 5.73 Å². The smallest absolute Gasteiger partial charge is 0.240 e. The molecule has 104 valence electrons. The molecule has 20 heavy (non-hydrogen) atoms. The fourth-order valence-electron chi connectivity index (χ4n) is 3.02. The van der Waals surface area contributed by atoms with Gasteiger partial charge in [-0.15, -0.1) is 0 Å². The number of fused-ring (bicyclic) bond motifs is 2. The highest BCUT2D eigenvalue weighted by Gasteiger charge is 2.32. The number of benzene rings is 1. The first-order chi connectivity index (χ1) is 9.79. The lowest BCUT2D eigenvalue weighted by molar-refractivity contribution is 0.354. The second kappa shape index (κ2) is 4.21. The lowest BCUT2D eigenvalue weighted by atomic mass is 9.94. The van der Waals surface area contributed by atoms with Gasteiger partial charge in [-0.05, 0) is 12.5 Å². The third kappa shape index (κ3) is 1.48. The van der Waals surface area contributed by atoms with Crippen LogP contribution in [-0.2, 0) is 19.4 Å².